The van der Waals surface area contributed by atoms with Crippen LogP contribution in [0.15, 0.2) is 53.4 Å². The lowest BCUT2D eigenvalue weighted by molar-refractivity contribution is -0.141. The highest BCUT2D eigenvalue weighted by molar-refractivity contribution is 7.99. The van der Waals surface area contributed by atoms with Gasteiger partial charge < -0.3 is 14.8 Å². The van der Waals surface area contributed by atoms with E-state index in [0.717, 1.165) is 4.90 Å². The SMILES string of the molecule is COc1ccc(C(=O)NCC(=O)OCCSc2ccc(Cl)cc2)cc1. The van der Waals surface area contributed by atoms with Crippen LogP contribution in [0, 0.1) is 0 Å². The number of halogens is 1. The minimum Gasteiger partial charge on any atom is -0.497 e. The van der Waals surface area contributed by atoms with E-state index in [2.05, 4.69) is 5.32 Å². The standard InChI is InChI=1S/C18H18ClNO4S/c1-23-15-6-2-13(3-7-15)18(22)20-12-17(21)24-10-11-25-16-8-4-14(19)5-9-16/h2-9H,10-12H2,1H3,(H,20,22). The minimum atomic E-state index is -0.474. The van der Waals surface area contributed by atoms with Crippen molar-refractivity contribution in [3.05, 3.63) is 59.1 Å². The van der Waals surface area contributed by atoms with Crippen molar-refractivity contribution in [1.29, 1.82) is 0 Å². The fraction of sp³-hybridized carbons (Fsp3) is 0.222. The van der Waals surface area contributed by atoms with Crippen LogP contribution < -0.4 is 10.1 Å². The molecule has 1 amide bonds. The number of carbonyl (C=O) groups excluding carboxylic acids is 2. The number of carbonyl (C=O) groups is 2. The van der Waals surface area contributed by atoms with Crippen LogP contribution in [0.3, 0.4) is 0 Å². The quantitative estimate of drug-likeness (QED) is 0.432. The number of benzene rings is 2. The minimum absolute atomic E-state index is 0.170. The van der Waals surface area contributed by atoms with Crippen molar-refractivity contribution in [3.63, 3.8) is 0 Å². The average Bonchev–Trinajstić information content (AvgIpc) is 2.64. The third kappa shape index (κ3) is 6.68. The maximum absolute atomic E-state index is 11.9. The summed E-state index contributed by atoms with van der Waals surface area (Å²) in [7, 11) is 1.55. The lowest BCUT2D eigenvalue weighted by Crippen LogP contribution is -2.30. The molecule has 25 heavy (non-hydrogen) atoms. The number of methoxy groups -OCH3 is 1. The predicted molar refractivity (Wildman–Crippen MR) is 98.5 cm³/mol. The van der Waals surface area contributed by atoms with Gasteiger partial charge in [-0.2, -0.15) is 0 Å². The molecule has 0 aliphatic rings. The van der Waals surface area contributed by atoms with Crippen LogP contribution in [-0.4, -0.2) is 37.9 Å². The molecule has 0 aliphatic heterocycles. The number of amides is 1. The zero-order valence-corrected chi connectivity index (χ0v) is 15.2. The molecule has 0 saturated carbocycles. The van der Waals surface area contributed by atoms with Crippen LogP contribution in [0.5, 0.6) is 5.75 Å². The van der Waals surface area contributed by atoms with Gasteiger partial charge in [0.05, 0.1) is 7.11 Å². The summed E-state index contributed by atoms with van der Waals surface area (Å²) in [5.74, 6) is 0.475. The van der Waals surface area contributed by atoms with E-state index in [4.69, 9.17) is 21.1 Å². The highest BCUT2D eigenvalue weighted by atomic mass is 35.5. The molecule has 0 aliphatic carbocycles. The van der Waals surface area contributed by atoms with E-state index in [1.807, 2.05) is 24.3 Å². The second-order valence-corrected chi connectivity index (χ2v) is 6.54. The Kier molecular flexibility index (Phi) is 7.63. The number of thioether (sulfide) groups is 1. The Morgan fingerprint density at radius 2 is 1.76 bits per heavy atom. The van der Waals surface area contributed by atoms with Gasteiger partial charge in [-0.25, -0.2) is 0 Å². The first-order valence-electron chi connectivity index (χ1n) is 7.55. The van der Waals surface area contributed by atoms with Crippen LogP contribution >= 0.6 is 23.4 Å². The van der Waals surface area contributed by atoms with Gasteiger partial charge in [-0.05, 0) is 48.5 Å². The molecule has 0 radical (unpaired) electrons. The van der Waals surface area contributed by atoms with Gasteiger partial charge in [-0.1, -0.05) is 11.6 Å². The number of hydrogen-bond donors (Lipinski definition) is 1. The molecule has 1 N–H and O–H groups in total. The molecule has 132 valence electrons. The third-order valence-corrected chi connectivity index (χ3v) is 4.40. The Morgan fingerprint density at radius 3 is 2.40 bits per heavy atom. The van der Waals surface area contributed by atoms with Gasteiger partial charge in [0.1, 0.15) is 18.9 Å². The molecule has 2 aromatic rings. The maximum Gasteiger partial charge on any atom is 0.325 e. The van der Waals surface area contributed by atoms with Gasteiger partial charge in [0, 0.05) is 21.2 Å². The van der Waals surface area contributed by atoms with E-state index in [1.165, 1.54) is 0 Å². The smallest absolute Gasteiger partial charge is 0.325 e. The largest absolute Gasteiger partial charge is 0.497 e. The molecule has 5 nitrogen and oxygen atoms in total. The van der Waals surface area contributed by atoms with Crippen molar-refractivity contribution in [3.8, 4) is 5.75 Å². The molecule has 2 aromatic carbocycles. The molecule has 0 bridgehead atoms. The molecule has 2 rings (SSSR count). The number of ether oxygens (including phenoxy) is 2. The van der Waals surface area contributed by atoms with Gasteiger partial charge in [0.15, 0.2) is 0 Å². The fourth-order valence-corrected chi connectivity index (χ4v) is 2.75. The number of esters is 1. The van der Waals surface area contributed by atoms with Crippen LogP contribution in [0.2, 0.25) is 5.02 Å². The van der Waals surface area contributed by atoms with Crippen LogP contribution in [0.1, 0.15) is 10.4 Å². The van der Waals surface area contributed by atoms with Gasteiger partial charge in [-0.3, -0.25) is 9.59 Å². The molecule has 0 saturated heterocycles. The molecular weight excluding hydrogens is 362 g/mol. The van der Waals surface area contributed by atoms with Gasteiger partial charge in [0.2, 0.25) is 0 Å². The molecule has 0 atom stereocenters. The molecule has 0 heterocycles. The van der Waals surface area contributed by atoms with Crippen LogP contribution in [0.4, 0.5) is 0 Å². The highest BCUT2D eigenvalue weighted by Crippen LogP contribution is 2.19. The van der Waals surface area contributed by atoms with Crippen molar-refractivity contribution >= 4 is 35.2 Å². The van der Waals surface area contributed by atoms with Gasteiger partial charge in [0.25, 0.3) is 5.91 Å². The van der Waals surface area contributed by atoms with E-state index >= 15 is 0 Å². The van der Waals surface area contributed by atoms with Crippen molar-refractivity contribution < 1.29 is 19.1 Å². The monoisotopic (exact) mass is 379 g/mol. The van der Waals surface area contributed by atoms with E-state index in [9.17, 15) is 9.59 Å². The van der Waals surface area contributed by atoms with Crippen molar-refractivity contribution in [1.82, 2.24) is 5.32 Å². The highest BCUT2D eigenvalue weighted by Gasteiger charge is 2.09. The summed E-state index contributed by atoms with van der Waals surface area (Å²) in [4.78, 5) is 24.6. The summed E-state index contributed by atoms with van der Waals surface area (Å²) in [5.41, 5.74) is 0.451. The summed E-state index contributed by atoms with van der Waals surface area (Å²) >= 11 is 7.38. The topological polar surface area (TPSA) is 64.6 Å². The number of nitrogens with one attached hydrogen (secondary N) is 1. The van der Waals surface area contributed by atoms with Crippen molar-refractivity contribution in [2.24, 2.45) is 0 Å². The number of rotatable bonds is 8. The molecule has 0 unspecified atom stereocenters. The van der Waals surface area contributed by atoms with Gasteiger partial charge in [-0.15, -0.1) is 11.8 Å². The Bertz CT molecular complexity index is 704. The Balaban J connectivity index is 1.64. The van der Waals surface area contributed by atoms with E-state index in [0.29, 0.717) is 22.1 Å². The summed E-state index contributed by atoms with van der Waals surface area (Å²) in [6, 6.07) is 14.1. The lowest BCUT2D eigenvalue weighted by atomic mass is 10.2. The summed E-state index contributed by atoms with van der Waals surface area (Å²) in [5, 5.41) is 3.21. The zero-order valence-electron chi connectivity index (χ0n) is 13.7. The molecule has 0 aromatic heterocycles. The Hall–Kier alpha value is -2.18. The molecular formula is C18H18ClNO4S. The summed E-state index contributed by atoms with van der Waals surface area (Å²) in [6.07, 6.45) is 0. The van der Waals surface area contributed by atoms with Crippen molar-refractivity contribution in [2.45, 2.75) is 4.90 Å². The van der Waals surface area contributed by atoms with E-state index in [-0.39, 0.29) is 19.1 Å². The summed E-state index contributed by atoms with van der Waals surface area (Å²) in [6.45, 7) is 0.0982. The first-order chi connectivity index (χ1) is 12.1. The number of hydrogen-bond acceptors (Lipinski definition) is 5. The molecule has 0 fully saturated rings. The average molecular weight is 380 g/mol. The van der Waals surface area contributed by atoms with Gasteiger partial charge >= 0.3 is 5.97 Å². The summed E-state index contributed by atoms with van der Waals surface area (Å²) < 4.78 is 10.1. The molecule has 0 spiro atoms. The lowest BCUT2D eigenvalue weighted by Gasteiger charge is -2.07. The fourth-order valence-electron chi connectivity index (χ4n) is 1.89. The molecule has 7 heteroatoms. The van der Waals surface area contributed by atoms with E-state index < -0.39 is 5.97 Å². The normalized spacial score (nSPS) is 10.2. The Labute approximate surface area is 155 Å². The first kappa shape index (κ1) is 19.1. The van der Waals surface area contributed by atoms with Crippen molar-refractivity contribution in [2.75, 3.05) is 26.0 Å². The first-order valence-corrected chi connectivity index (χ1v) is 8.91. The Morgan fingerprint density at radius 1 is 1.08 bits per heavy atom. The van der Waals surface area contributed by atoms with Crippen LogP contribution in [-0.2, 0) is 9.53 Å². The second-order valence-electron chi connectivity index (χ2n) is 4.93. The maximum atomic E-state index is 11.9. The predicted octanol–water partition coefficient (Wildman–Crippen LogP) is 3.41. The van der Waals surface area contributed by atoms with E-state index in [1.54, 1.807) is 43.1 Å². The van der Waals surface area contributed by atoms with Crippen LogP contribution in [0.25, 0.3) is 0 Å². The third-order valence-electron chi connectivity index (χ3n) is 3.17. The second kappa shape index (κ2) is 9.96. The zero-order chi connectivity index (χ0) is 18.1.